The predicted octanol–water partition coefficient (Wildman–Crippen LogP) is 5.94. The first-order valence-electron chi connectivity index (χ1n) is 11.3. The Morgan fingerprint density at radius 3 is 2.52 bits per heavy atom. The number of ketones is 1. The Bertz CT molecular complexity index is 1150. The second-order valence-electron chi connectivity index (χ2n) is 8.33. The number of carbonyl (C=O) groups is 1. The first-order valence-corrected chi connectivity index (χ1v) is 12.3. The molecule has 1 unspecified atom stereocenters. The van der Waals surface area contributed by atoms with E-state index in [1.54, 1.807) is 18.7 Å². The maximum atomic E-state index is 12.6. The second-order valence-corrected chi connectivity index (χ2v) is 9.39. The van der Waals surface area contributed by atoms with Crippen LogP contribution in [-0.2, 0) is 11.4 Å². The van der Waals surface area contributed by atoms with E-state index in [9.17, 15) is 4.79 Å². The van der Waals surface area contributed by atoms with Gasteiger partial charge in [-0.25, -0.2) is 4.68 Å². The molecule has 172 valence electrons. The maximum Gasteiger partial charge on any atom is 0.227 e. The molecule has 3 aromatic rings. The van der Waals surface area contributed by atoms with Gasteiger partial charge in [0.2, 0.25) is 11.1 Å². The van der Waals surface area contributed by atoms with Crippen LogP contribution in [-0.4, -0.2) is 26.3 Å². The molecule has 6 nitrogen and oxygen atoms in total. The van der Waals surface area contributed by atoms with E-state index in [4.69, 9.17) is 9.84 Å². The molecular formula is C26H30N4O2S. The summed E-state index contributed by atoms with van der Waals surface area (Å²) in [7, 11) is 0. The predicted molar refractivity (Wildman–Crippen MR) is 133 cm³/mol. The highest BCUT2D eigenvalue weighted by atomic mass is 32.2. The van der Waals surface area contributed by atoms with Crippen LogP contribution in [0.2, 0.25) is 0 Å². The smallest absolute Gasteiger partial charge is 0.227 e. The fourth-order valence-electron chi connectivity index (χ4n) is 3.86. The maximum absolute atomic E-state index is 12.6. The molecule has 2 heterocycles. The minimum atomic E-state index is -0.321. The summed E-state index contributed by atoms with van der Waals surface area (Å²) in [6.45, 7) is 8.28. The zero-order valence-electron chi connectivity index (χ0n) is 19.6. The van der Waals surface area contributed by atoms with Gasteiger partial charge in [0.15, 0.2) is 5.78 Å². The molecule has 33 heavy (non-hydrogen) atoms. The van der Waals surface area contributed by atoms with Gasteiger partial charge < -0.3 is 10.1 Å². The van der Waals surface area contributed by atoms with E-state index in [1.165, 1.54) is 5.56 Å². The molecule has 0 radical (unpaired) electrons. The standard InChI is InChI=1S/C26H30N4O2S/c1-5-6-15-33-26-28-25-27-18(3)23(19(4)31)24(30(25)29-26)21-11-13-22(14-12-21)32-16-20-9-7-17(2)8-10-20/h7-14,24H,5-6,15-16H2,1-4H3,(H,27,28,29). The van der Waals surface area contributed by atoms with Gasteiger partial charge in [-0.2, -0.15) is 4.98 Å². The Labute approximate surface area is 199 Å². The fraction of sp³-hybridized carbons (Fsp3) is 0.346. The number of unbranched alkanes of at least 4 members (excludes halogenated alkanes) is 1. The van der Waals surface area contributed by atoms with Gasteiger partial charge in [-0.15, -0.1) is 5.10 Å². The van der Waals surface area contributed by atoms with Crippen molar-refractivity contribution in [2.75, 3.05) is 11.1 Å². The number of benzene rings is 2. The van der Waals surface area contributed by atoms with Crippen LogP contribution in [0.3, 0.4) is 0 Å². The number of carbonyl (C=O) groups excluding carboxylic acids is 1. The van der Waals surface area contributed by atoms with Gasteiger partial charge in [0, 0.05) is 17.0 Å². The number of hydrogen-bond acceptors (Lipinski definition) is 6. The van der Waals surface area contributed by atoms with Crippen molar-refractivity contribution in [3.8, 4) is 5.75 Å². The average Bonchev–Trinajstić information content (AvgIpc) is 3.20. The highest BCUT2D eigenvalue weighted by Crippen LogP contribution is 2.37. The summed E-state index contributed by atoms with van der Waals surface area (Å²) >= 11 is 1.65. The highest BCUT2D eigenvalue weighted by Gasteiger charge is 2.32. The molecule has 0 bridgehead atoms. The van der Waals surface area contributed by atoms with Gasteiger partial charge in [-0.05, 0) is 50.5 Å². The van der Waals surface area contributed by atoms with Crippen LogP contribution in [0.5, 0.6) is 5.75 Å². The van der Waals surface area contributed by atoms with Crippen molar-refractivity contribution >= 4 is 23.5 Å². The molecular weight excluding hydrogens is 432 g/mol. The first-order chi connectivity index (χ1) is 16.0. The molecule has 4 rings (SSSR count). The second kappa shape index (κ2) is 10.3. The van der Waals surface area contributed by atoms with Crippen molar-refractivity contribution in [3.05, 3.63) is 76.5 Å². The van der Waals surface area contributed by atoms with Crippen LogP contribution in [0.25, 0.3) is 0 Å². The molecule has 0 fully saturated rings. The van der Waals surface area contributed by atoms with E-state index in [-0.39, 0.29) is 11.8 Å². The van der Waals surface area contributed by atoms with E-state index in [1.807, 2.05) is 35.9 Å². The summed E-state index contributed by atoms with van der Waals surface area (Å²) in [5, 5.41) is 8.74. The summed E-state index contributed by atoms with van der Waals surface area (Å²) in [4.78, 5) is 17.2. The number of thioether (sulfide) groups is 1. The van der Waals surface area contributed by atoms with E-state index >= 15 is 0 Å². The number of fused-ring (bicyclic) bond motifs is 1. The lowest BCUT2D eigenvalue weighted by molar-refractivity contribution is -0.114. The molecule has 1 N–H and O–H groups in total. The van der Waals surface area contributed by atoms with E-state index in [0.29, 0.717) is 18.1 Å². The Hall–Kier alpha value is -3.06. The van der Waals surface area contributed by atoms with Gasteiger partial charge in [0.25, 0.3) is 0 Å². The number of Topliss-reactive ketones (excluding diaryl/α,β-unsaturated/α-hetero) is 1. The normalized spacial score (nSPS) is 15.2. The summed E-state index contributed by atoms with van der Waals surface area (Å²) < 4.78 is 7.80. The topological polar surface area (TPSA) is 69.0 Å². The third kappa shape index (κ3) is 5.30. The van der Waals surface area contributed by atoms with Gasteiger partial charge in [0.05, 0.1) is 0 Å². The van der Waals surface area contributed by atoms with Crippen LogP contribution in [0.1, 0.15) is 56.3 Å². The number of allylic oxidation sites excluding steroid dienone is 2. The molecule has 0 spiro atoms. The summed E-state index contributed by atoms with van der Waals surface area (Å²) in [6, 6.07) is 15.9. The SMILES string of the molecule is CCCCSc1nc2n(n1)C(c1ccc(OCc3ccc(C)cc3)cc1)C(C(C)=O)=C(C)N2. The van der Waals surface area contributed by atoms with Crippen molar-refractivity contribution in [1.82, 2.24) is 14.8 Å². The number of rotatable bonds is 9. The monoisotopic (exact) mass is 462 g/mol. The fourth-order valence-corrected chi connectivity index (χ4v) is 4.77. The van der Waals surface area contributed by atoms with Crippen LogP contribution in [0.4, 0.5) is 5.95 Å². The molecule has 1 atom stereocenters. The van der Waals surface area contributed by atoms with Gasteiger partial charge >= 0.3 is 0 Å². The van der Waals surface area contributed by atoms with Crippen molar-refractivity contribution in [3.63, 3.8) is 0 Å². The average molecular weight is 463 g/mol. The number of aryl methyl sites for hydroxylation is 1. The largest absolute Gasteiger partial charge is 0.489 e. The third-order valence-corrected chi connectivity index (χ3v) is 6.59. The van der Waals surface area contributed by atoms with Crippen LogP contribution < -0.4 is 10.1 Å². The molecule has 1 aliphatic rings. The van der Waals surface area contributed by atoms with Crippen LogP contribution >= 0.6 is 11.8 Å². The van der Waals surface area contributed by atoms with E-state index < -0.39 is 0 Å². The minimum absolute atomic E-state index is 0.0195. The molecule has 0 saturated heterocycles. The highest BCUT2D eigenvalue weighted by molar-refractivity contribution is 7.99. The molecule has 1 aromatic heterocycles. The quantitative estimate of drug-likeness (QED) is 0.314. The minimum Gasteiger partial charge on any atom is -0.489 e. The van der Waals surface area contributed by atoms with Gasteiger partial charge in [-0.1, -0.05) is 67.1 Å². The van der Waals surface area contributed by atoms with Gasteiger partial charge in [0.1, 0.15) is 18.4 Å². The zero-order valence-corrected chi connectivity index (χ0v) is 20.4. The molecule has 0 amide bonds. The van der Waals surface area contributed by atoms with Crippen molar-refractivity contribution in [2.45, 2.75) is 58.3 Å². The molecule has 7 heteroatoms. The van der Waals surface area contributed by atoms with Crippen molar-refractivity contribution < 1.29 is 9.53 Å². The van der Waals surface area contributed by atoms with Crippen LogP contribution in [0.15, 0.2) is 65.0 Å². The summed E-state index contributed by atoms with van der Waals surface area (Å²) in [5.41, 5.74) is 4.85. The van der Waals surface area contributed by atoms with Crippen LogP contribution in [0, 0.1) is 6.92 Å². The van der Waals surface area contributed by atoms with Gasteiger partial charge in [-0.3, -0.25) is 4.79 Å². The molecule has 0 aliphatic carbocycles. The first kappa shape index (κ1) is 23.1. The lowest BCUT2D eigenvalue weighted by atomic mass is 9.93. The number of ether oxygens (including phenoxy) is 1. The third-order valence-electron chi connectivity index (χ3n) is 5.66. The number of nitrogens with one attached hydrogen (secondary N) is 1. The Kier molecular flexibility index (Phi) is 7.18. The molecule has 2 aromatic carbocycles. The van der Waals surface area contributed by atoms with E-state index in [2.05, 4.69) is 48.4 Å². The molecule has 0 saturated carbocycles. The Morgan fingerprint density at radius 2 is 1.85 bits per heavy atom. The number of hydrogen-bond donors (Lipinski definition) is 1. The number of anilines is 1. The van der Waals surface area contributed by atoms with Crippen molar-refractivity contribution in [1.29, 1.82) is 0 Å². The lowest BCUT2D eigenvalue weighted by Crippen LogP contribution is -2.27. The molecule has 1 aliphatic heterocycles. The Morgan fingerprint density at radius 1 is 1.12 bits per heavy atom. The van der Waals surface area contributed by atoms with E-state index in [0.717, 1.165) is 46.3 Å². The lowest BCUT2D eigenvalue weighted by Gasteiger charge is -2.28. The zero-order chi connectivity index (χ0) is 23.4. The summed E-state index contributed by atoms with van der Waals surface area (Å²) in [6.07, 6.45) is 2.25. The number of nitrogens with zero attached hydrogens (tertiary/aromatic N) is 3. The Balaban J connectivity index is 1.57. The summed E-state index contributed by atoms with van der Waals surface area (Å²) in [5.74, 6) is 2.45. The number of aromatic nitrogens is 3. The van der Waals surface area contributed by atoms with Crippen molar-refractivity contribution in [2.24, 2.45) is 0 Å².